The molecule has 1 aromatic heterocycles. The fraction of sp³-hybridized carbons (Fsp3) is 0.727. The van der Waals surface area contributed by atoms with Crippen LogP contribution in [-0.2, 0) is 11.3 Å². The van der Waals surface area contributed by atoms with Gasteiger partial charge in [-0.15, -0.1) is 5.10 Å². The fourth-order valence-electron chi connectivity index (χ4n) is 1.52. The van der Waals surface area contributed by atoms with E-state index < -0.39 is 5.91 Å². The third-order valence-electron chi connectivity index (χ3n) is 2.19. The first-order valence-electron chi connectivity index (χ1n) is 6.09. The largest absolute Gasteiger partial charge is 0.407 e. The third-order valence-corrected chi connectivity index (χ3v) is 2.19. The van der Waals surface area contributed by atoms with Crippen LogP contribution in [-0.4, -0.2) is 35.7 Å². The predicted molar refractivity (Wildman–Crippen MR) is 67.9 cm³/mol. The summed E-state index contributed by atoms with van der Waals surface area (Å²) in [5.74, 6) is 0.459. The fourth-order valence-corrected chi connectivity index (χ4v) is 1.52. The molecule has 0 aliphatic carbocycles. The van der Waals surface area contributed by atoms with Gasteiger partial charge in [-0.1, -0.05) is 25.9 Å². The molecule has 0 bridgehead atoms. The van der Waals surface area contributed by atoms with E-state index in [-0.39, 0.29) is 6.54 Å². The number of primary amides is 1. The van der Waals surface area contributed by atoms with Crippen LogP contribution in [0.4, 0.5) is 6.01 Å². The summed E-state index contributed by atoms with van der Waals surface area (Å²) in [6.45, 7) is 8.17. The van der Waals surface area contributed by atoms with Crippen molar-refractivity contribution in [3.63, 3.8) is 0 Å². The van der Waals surface area contributed by atoms with Gasteiger partial charge in [0.2, 0.25) is 11.8 Å². The van der Waals surface area contributed by atoms with Gasteiger partial charge in [-0.3, -0.25) is 4.79 Å². The zero-order valence-corrected chi connectivity index (χ0v) is 11.1. The number of rotatable bonds is 8. The number of nitrogens with two attached hydrogens (primary N) is 1. The molecule has 0 spiro atoms. The molecule has 0 radical (unpaired) electrons. The Hall–Kier alpha value is -1.63. The second kappa shape index (κ2) is 6.95. The molecular formula is C11H21N5O2. The lowest BCUT2D eigenvalue weighted by Crippen LogP contribution is -2.36. The number of aromatic nitrogens is 2. The summed E-state index contributed by atoms with van der Waals surface area (Å²) in [6.07, 6.45) is 0. The highest BCUT2D eigenvalue weighted by Gasteiger charge is 2.17. The van der Waals surface area contributed by atoms with Gasteiger partial charge in [-0.2, -0.15) is 0 Å². The summed E-state index contributed by atoms with van der Waals surface area (Å²) < 4.78 is 5.48. The van der Waals surface area contributed by atoms with Crippen molar-refractivity contribution in [2.24, 2.45) is 11.7 Å². The normalized spacial score (nSPS) is 10.9. The molecule has 1 heterocycles. The van der Waals surface area contributed by atoms with Crippen LogP contribution in [0.1, 0.15) is 26.7 Å². The Bertz CT molecular complexity index is 377. The lowest BCUT2D eigenvalue weighted by molar-refractivity contribution is -0.116. The van der Waals surface area contributed by atoms with Crippen molar-refractivity contribution in [2.45, 2.75) is 27.3 Å². The quantitative estimate of drug-likeness (QED) is 0.685. The zero-order chi connectivity index (χ0) is 13.5. The molecule has 0 unspecified atom stereocenters. The summed E-state index contributed by atoms with van der Waals surface area (Å²) in [6, 6.07) is 0.343. The Morgan fingerprint density at radius 2 is 2.22 bits per heavy atom. The summed E-state index contributed by atoms with van der Waals surface area (Å²) >= 11 is 0. The van der Waals surface area contributed by atoms with E-state index in [0.29, 0.717) is 30.9 Å². The number of carbonyl (C=O) groups excluding carboxylic acids is 1. The first-order valence-corrected chi connectivity index (χ1v) is 6.09. The smallest absolute Gasteiger partial charge is 0.318 e. The van der Waals surface area contributed by atoms with E-state index in [0.717, 1.165) is 6.54 Å². The summed E-state index contributed by atoms with van der Waals surface area (Å²) in [5.41, 5.74) is 5.21. The molecule has 0 saturated heterocycles. The van der Waals surface area contributed by atoms with E-state index in [1.165, 1.54) is 0 Å². The number of anilines is 1. The minimum atomic E-state index is -0.415. The number of hydrogen-bond acceptors (Lipinski definition) is 6. The molecule has 0 aromatic carbocycles. The second-order valence-electron chi connectivity index (χ2n) is 4.50. The molecule has 1 rings (SSSR count). The number of carbonyl (C=O) groups is 1. The number of nitrogens with zero attached hydrogens (tertiary/aromatic N) is 3. The van der Waals surface area contributed by atoms with Gasteiger partial charge in [0.1, 0.15) is 6.54 Å². The van der Waals surface area contributed by atoms with E-state index in [1.54, 1.807) is 4.90 Å². The lowest BCUT2D eigenvalue weighted by atomic mass is 10.2. The maximum absolute atomic E-state index is 11.0. The van der Waals surface area contributed by atoms with Gasteiger partial charge >= 0.3 is 6.01 Å². The van der Waals surface area contributed by atoms with Crippen molar-refractivity contribution in [1.82, 2.24) is 15.5 Å². The van der Waals surface area contributed by atoms with Crippen LogP contribution in [0.3, 0.4) is 0 Å². The van der Waals surface area contributed by atoms with Crippen molar-refractivity contribution in [2.75, 3.05) is 24.5 Å². The molecule has 0 fully saturated rings. The minimum Gasteiger partial charge on any atom is -0.407 e. The summed E-state index contributed by atoms with van der Waals surface area (Å²) in [5, 5.41) is 10.9. The lowest BCUT2D eigenvalue weighted by Gasteiger charge is -2.20. The van der Waals surface area contributed by atoms with Crippen LogP contribution in [0.2, 0.25) is 0 Å². The molecule has 3 N–H and O–H groups in total. The Labute approximate surface area is 107 Å². The van der Waals surface area contributed by atoms with Gasteiger partial charge in [-0.25, -0.2) is 0 Å². The van der Waals surface area contributed by atoms with E-state index in [9.17, 15) is 4.79 Å². The van der Waals surface area contributed by atoms with Crippen LogP contribution in [0, 0.1) is 5.92 Å². The van der Waals surface area contributed by atoms with Gasteiger partial charge in [-0.05, 0) is 12.5 Å². The van der Waals surface area contributed by atoms with Gasteiger partial charge in [0.05, 0.1) is 6.54 Å². The molecule has 1 amide bonds. The SMILES string of the molecule is CCNCc1nnc(N(CC(N)=O)CC(C)C)o1. The Morgan fingerprint density at radius 3 is 2.78 bits per heavy atom. The molecule has 0 aliphatic heterocycles. The highest BCUT2D eigenvalue weighted by molar-refractivity contribution is 5.78. The maximum Gasteiger partial charge on any atom is 0.318 e. The summed E-state index contributed by atoms with van der Waals surface area (Å²) in [4.78, 5) is 12.7. The van der Waals surface area contributed by atoms with Gasteiger partial charge in [0, 0.05) is 6.54 Å². The van der Waals surface area contributed by atoms with Crippen molar-refractivity contribution in [3.05, 3.63) is 5.89 Å². The molecule has 18 heavy (non-hydrogen) atoms. The predicted octanol–water partition coefficient (Wildman–Crippen LogP) is 0.127. The molecule has 102 valence electrons. The standard InChI is InChI=1S/C11H21N5O2/c1-4-13-5-10-14-15-11(18-10)16(6-8(2)3)7-9(12)17/h8,13H,4-7H2,1-3H3,(H2,12,17). The molecule has 1 aromatic rings. The monoisotopic (exact) mass is 255 g/mol. The Balaban J connectivity index is 2.71. The molecule has 0 saturated carbocycles. The van der Waals surface area contributed by atoms with Gasteiger partial charge in [0.25, 0.3) is 0 Å². The van der Waals surface area contributed by atoms with Crippen molar-refractivity contribution in [3.8, 4) is 0 Å². The van der Waals surface area contributed by atoms with Crippen molar-refractivity contribution >= 4 is 11.9 Å². The molecular weight excluding hydrogens is 234 g/mol. The minimum absolute atomic E-state index is 0.0843. The first kappa shape index (κ1) is 14.4. The summed E-state index contributed by atoms with van der Waals surface area (Å²) in [7, 11) is 0. The maximum atomic E-state index is 11.0. The van der Waals surface area contributed by atoms with Crippen LogP contribution >= 0.6 is 0 Å². The van der Waals surface area contributed by atoms with E-state index in [4.69, 9.17) is 10.2 Å². The second-order valence-corrected chi connectivity index (χ2v) is 4.50. The first-order chi connectivity index (χ1) is 8.52. The van der Waals surface area contributed by atoms with Crippen molar-refractivity contribution in [1.29, 1.82) is 0 Å². The Kier molecular flexibility index (Phi) is 5.57. The highest BCUT2D eigenvalue weighted by atomic mass is 16.4. The van der Waals surface area contributed by atoms with Crippen LogP contribution in [0.5, 0.6) is 0 Å². The van der Waals surface area contributed by atoms with E-state index >= 15 is 0 Å². The zero-order valence-electron chi connectivity index (χ0n) is 11.1. The van der Waals surface area contributed by atoms with E-state index in [1.807, 2.05) is 20.8 Å². The van der Waals surface area contributed by atoms with Crippen LogP contribution < -0.4 is 16.0 Å². The molecule has 0 aliphatic rings. The molecule has 0 atom stereocenters. The number of hydrogen-bond donors (Lipinski definition) is 2. The van der Waals surface area contributed by atoms with E-state index in [2.05, 4.69) is 15.5 Å². The third kappa shape index (κ3) is 4.70. The van der Waals surface area contributed by atoms with Crippen molar-refractivity contribution < 1.29 is 9.21 Å². The number of amides is 1. The highest BCUT2D eigenvalue weighted by Crippen LogP contribution is 2.13. The molecule has 7 nitrogen and oxygen atoms in total. The average molecular weight is 255 g/mol. The molecule has 7 heteroatoms. The average Bonchev–Trinajstić information content (AvgIpc) is 2.72. The van der Waals surface area contributed by atoms with Crippen LogP contribution in [0.25, 0.3) is 0 Å². The van der Waals surface area contributed by atoms with Gasteiger partial charge in [0.15, 0.2) is 0 Å². The Morgan fingerprint density at radius 1 is 1.50 bits per heavy atom. The van der Waals surface area contributed by atoms with Crippen LogP contribution in [0.15, 0.2) is 4.42 Å². The number of nitrogens with one attached hydrogen (secondary N) is 1. The topological polar surface area (TPSA) is 97.3 Å². The van der Waals surface area contributed by atoms with Gasteiger partial charge < -0.3 is 20.4 Å².